The third-order valence-corrected chi connectivity index (χ3v) is 3.04. The predicted molar refractivity (Wildman–Crippen MR) is 64.8 cm³/mol. The van der Waals surface area contributed by atoms with Crippen LogP contribution in [0.15, 0.2) is 18.3 Å². The van der Waals surface area contributed by atoms with E-state index in [1.807, 2.05) is 11.8 Å². The number of rotatable bonds is 7. The molecule has 1 heterocycles. The molecule has 80 valence electrons. The van der Waals surface area contributed by atoms with E-state index in [9.17, 15) is 0 Å². The van der Waals surface area contributed by atoms with Gasteiger partial charge in [-0.1, -0.05) is 13.8 Å². The van der Waals surface area contributed by atoms with Crippen molar-refractivity contribution in [2.75, 3.05) is 18.1 Å². The smallest absolute Gasteiger partial charge is 0.0359 e. The Kier molecular flexibility index (Phi) is 5.80. The van der Waals surface area contributed by atoms with Crippen molar-refractivity contribution in [1.29, 1.82) is 0 Å². The lowest BCUT2D eigenvalue weighted by Crippen LogP contribution is -2.15. The number of nitrogens with zero attached hydrogens (tertiary/aromatic N) is 1. The van der Waals surface area contributed by atoms with Gasteiger partial charge in [-0.3, -0.25) is 0 Å². The molecular weight excluding hydrogens is 192 g/mol. The van der Waals surface area contributed by atoms with Gasteiger partial charge in [0.05, 0.1) is 0 Å². The Morgan fingerprint density at radius 2 is 2.29 bits per heavy atom. The van der Waals surface area contributed by atoms with Crippen LogP contribution >= 0.6 is 11.8 Å². The topological polar surface area (TPSA) is 17.0 Å². The van der Waals surface area contributed by atoms with E-state index in [-0.39, 0.29) is 0 Å². The largest absolute Gasteiger partial charge is 0.349 e. The van der Waals surface area contributed by atoms with E-state index in [0.717, 1.165) is 19.6 Å². The molecule has 0 atom stereocenters. The lowest BCUT2D eigenvalue weighted by Gasteiger charge is -2.08. The lowest BCUT2D eigenvalue weighted by atomic mass is 10.4. The maximum Gasteiger partial charge on any atom is 0.0359 e. The van der Waals surface area contributed by atoms with Crippen LogP contribution in [0.4, 0.5) is 0 Å². The minimum absolute atomic E-state index is 0.986. The number of hydrogen-bond donors (Lipinski definition) is 1. The lowest BCUT2D eigenvalue weighted by molar-refractivity contribution is 0.649. The molecule has 0 saturated heterocycles. The summed E-state index contributed by atoms with van der Waals surface area (Å²) < 4.78 is 2.34. The average Bonchev–Trinajstić information content (AvgIpc) is 2.63. The van der Waals surface area contributed by atoms with Crippen molar-refractivity contribution in [3.05, 3.63) is 24.0 Å². The van der Waals surface area contributed by atoms with Crippen LogP contribution in [0.25, 0.3) is 0 Å². The fourth-order valence-corrected chi connectivity index (χ4v) is 2.00. The number of aryl methyl sites for hydroxylation is 1. The monoisotopic (exact) mass is 212 g/mol. The molecule has 1 aromatic heterocycles. The fraction of sp³-hybridized carbons (Fsp3) is 0.636. The summed E-state index contributed by atoms with van der Waals surface area (Å²) in [6.45, 7) is 7.50. The Hall–Kier alpha value is -0.410. The van der Waals surface area contributed by atoms with Crippen molar-refractivity contribution >= 4 is 11.8 Å². The van der Waals surface area contributed by atoms with E-state index in [1.54, 1.807) is 0 Å². The summed E-state index contributed by atoms with van der Waals surface area (Å²) in [6, 6.07) is 4.32. The summed E-state index contributed by atoms with van der Waals surface area (Å²) in [5.41, 5.74) is 1.39. The minimum atomic E-state index is 0.986. The van der Waals surface area contributed by atoms with Crippen LogP contribution in [0.5, 0.6) is 0 Å². The second kappa shape index (κ2) is 6.96. The van der Waals surface area contributed by atoms with Crippen molar-refractivity contribution in [3.63, 3.8) is 0 Å². The molecule has 0 unspecified atom stereocenters. The van der Waals surface area contributed by atoms with Gasteiger partial charge in [0.2, 0.25) is 0 Å². The third kappa shape index (κ3) is 3.76. The predicted octanol–water partition coefficient (Wildman–Crippen LogP) is 2.35. The fourth-order valence-electron chi connectivity index (χ4n) is 1.39. The quantitative estimate of drug-likeness (QED) is 0.699. The molecule has 1 aromatic rings. The zero-order valence-corrected chi connectivity index (χ0v) is 9.94. The van der Waals surface area contributed by atoms with Crippen molar-refractivity contribution in [1.82, 2.24) is 9.88 Å². The van der Waals surface area contributed by atoms with Crippen LogP contribution in [-0.4, -0.2) is 22.6 Å². The highest BCUT2D eigenvalue weighted by Crippen LogP contribution is 2.05. The molecule has 0 amide bonds. The molecule has 0 aliphatic carbocycles. The van der Waals surface area contributed by atoms with Gasteiger partial charge in [-0.15, -0.1) is 0 Å². The number of aromatic nitrogens is 1. The van der Waals surface area contributed by atoms with Crippen molar-refractivity contribution in [3.8, 4) is 0 Å². The normalized spacial score (nSPS) is 10.7. The summed E-state index contributed by atoms with van der Waals surface area (Å²) >= 11 is 2.00. The van der Waals surface area contributed by atoms with Crippen molar-refractivity contribution in [2.24, 2.45) is 0 Å². The van der Waals surface area contributed by atoms with Gasteiger partial charge in [-0.2, -0.15) is 11.8 Å². The number of nitrogens with one attached hydrogen (secondary N) is 1. The Labute approximate surface area is 91.1 Å². The van der Waals surface area contributed by atoms with Crippen LogP contribution in [0.1, 0.15) is 19.5 Å². The molecule has 0 radical (unpaired) electrons. The second-order valence-electron chi connectivity index (χ2n) is 3.17. The summed E-state index contributed by atoms with van der Waals surface area (Å²) in [5, 5.41) is 3.35. The molecule has 1 N–H and O–H groups in total. The van der Waals surface area contributed by atoms with Crippen molar-refractivity contribution in [2.45, 2.75) is 26.9 Å². The molecule has 0 spiro atoms. The van der Waals surface area contributed by atoms with Crippen LogP contribution in [0.3, 0.4) is 0 Å². The molecule has 14 heavy (non-hydrogen) atoms. The third-order valence-electron chi connectivity index (χ3n) is 2.16. The van der Waals surface area contributed by atoms with Gasteiger partial charge < -0.3 is 9.88 Å². The zero-order valence-electron chi connectivity index (χ0n) is 9.12. The van der Waals surface area contributed by atoms with E-state index >= 15 is 0 Å². The van der Waals surface area contributed by atoms with E-state index < -0.39 is 0 Å². The van der Waals surface area contributed by atoms with Gasteiger partial charge in [0, 0.05) is 30.7 Å². The molecule has 3 heteroatoms. The van der Waals surface area contributed by atoms with E-state index in [1.165, 1.54) is 17.2 Å². The van der Waals surface area contributed by atoms with E-state index in [4.69, 9.17) is 0 Å². The molecule has 0 aliphatic heterocycles. The van der Waals surface area contributed by atoms with Gasteiger partial charge in [-0.25, -0.2) is 0 Å². The highest BCUT2D eigenvalue weighted by Gasteiger charge is 1.98. The van der Waals surface area contributed by atoms with Crippen LogP contribution in [0.2, 0.25) is 0 Å². The highest BCUT2D eigenvalue weighted by atomic mass is 32.2. The maximum absolute atomic E-state index is 3.35. The van der Waals surface area contributed by atoms with Crippen molar-refractivity contribution < 1.29 is 0 Å². The van der Waals surface area contributed by atoms with Crippen LogP contribution < -0.4 is 5.32 Å². The first-order chi connectivity index (χ1) is 6.88. The summed E-state index contributed by atoms with van der Waals surface area (Å²) in [4.78, 5) is 0. The van der Waals surface area contributed by atoms with E-state index in [2.05, 4.69) is 42.1 Å². The number of hydrogen-bond acceptors (Lipinski definition) is 2. The Morgan fingerprint density at radius 3 is 3.00 bits per heavy atom. The summed E-state index contributed by atoms with van der Waals surface area (Å²) in [7, 11) is 0. The Morgan fingerprint density at radius 1 is 1.43 bits per heavy atom. The molecule has 2 nitrogen and oxygen atoms in total. The molecule has 0 aromatic carbocycles. The van der Waals surface area contributed by atoms with Gasteiger partial charge in [0.1, 0.15) is 0 Å². The SMILES string of the molecule is CCNCc1cccn1CCSCC. The first kappa shape index (κ1) is 11.7. The van der Waals surface area contributed by atoms with Gasteiger partial charge in [0.15, 0.2) is 0 Å². The summed E-state index contributed by atoms with van der Waals surface area (Å²) in [6.07, 6.45) is 2.17. The summed E-state index contributed by atoms with van der Waals surface area (Å²) in [5.74, 6) is 2.42. The first-order valence-electron chi connectivity index (χ1n) is 5.31. The van der Waals surface area contributed by atoms with Crippen LogP contribution in [-0.2, 0) is 13.1 Å². The average molecular weight is 212 g/mol. The van der Waals surface area contributed by atoms with Gasteiger partial charge >= 0.3 is 0 Å². The second-order valence-corrected chi connectivity index (χ2v) is 4.56. The molecule has 1 rings (SSSR count). The molecule has 0 saturated carbocycles. The first-order valence-corrected chi connectivity index (χ1v) is 6.46. The Balaban J connectivity index is 2.37. The van der Waals surface area contributed by atoms with Gasteiger partial charge in [-0.05, 0) is 24.4 Å². The van der Waals surface area contributed by atoms with E-state index in [0.29, 0.717) is 0 Å². The van der Waals surface area contributed by atoms with Crippen LogP contribution in [0, 0.1) is 0 Å². The standard InChI is InChI=1S/C11H20N2S/c1-3-12-10-11-6-5-7-13(11)8-9-14-4-2/h5-7,12H,3-4,8-10H2,1-2H3. The maximum atomic E-state index is 3.35. The molecule has 0 aliphatic rings. The minimum Gasteiger partial charge on any atom is -0.349 e. The Bertz CT molecular complexity index is 245. The molecular formula is C11H20N2S. The molecule has 0 fully saturated rings. The molecule has 0 bridgehead atoms. The van der Waals surface area contributed by atoms with Gasteiger partial charge in [0.25, 0.3) is 0 Å². The highest BCUT2D eigenvalue weighted by molar-refractivity contribution is 7.99. The zero-order chi connectivity index (χ0) is 10.2. The number of thioether (sulfide) groups is 1.